The number of hydrogen-bond donors (Lipinski definition) is 1. The van der Waals surface area contributed by atoms with E-state index in [-0.39, 0.29) is 0 Å². The Kier molecular flexibility index (Phi) is 3.35. The Morgan fingerprint density at radius 3 is 3.27 bits per heavy atom. The van der Waals surface area contributed by atoms with E-state index in [9.17, 15) is 4.79 Å². The molecular weight excluding hydrogens is 212 g/mol. The van der Waals surface area contributed by atoms with Crippen LogP contribution in [0.3, 0.4) is 0 Å². The summed E-state index contributed by atoms with van der Waals surface area (Å²) in [6.45, 7) is 0.918. The van der Waals surface area contributed by atoms with Gasteiger partial charge >= 0.3 is 0 Å². The molecule has 5 heteroatoms. The predicted molar refractivity (Wildman–Crippen MR) is 44.5 cm³/mol. The summed E-state index contributed by atoms with van der Waals surface area (Å²) in [6, 6.07) is 0.310. The first-order chi connectivity index (χ1) is 5.33. The zero-order chi connectivity index (χ0) is 8.10. The molecule has 0 aromatic carbocycles. The Bertz CT molecular complexity index is 172. The summed E-state index contributed by atoms with van der Waals surface area (Å²) < 4.78 is 5.47. The summed E-state index contributed by atoms with van der Waals surface area (Å²) in [4.78, 5) is 9.76. The Labute approximate surface area is 73.1 Å². The number of carbonyl (C=O) groups excluding carboxylic acids is 1. The van der Waals surface area contributed by atoms with E-state index >= 15 is 0 Å². The van der Waals surface area contributed by atoms with E-state index in [1.54, 1.807) is 0 Å². The molecule has 11 heavy (non-hydrogen) atoms. The SMILES string of the molecule is O=COCCC1CC(Br)=NN1. The van der Waals surface area contributed by atoms with Crippen molar-refractivity contribution in [2.45, 2.75) is 18.9 Å². The van der Waals surface area contributed by atoms with Crippen LogP contribution in [0.1, 0.15) is 12.8 Å². The van der Waals surface area contributed by atoms with E-state index in [0.717, 1.165) is 17.5 Å². The van der Waals surface area contributed by atoms with E-state index in [1.165, 1.54) is 0 Å². The van der Waals surface area contributed by atoms with Crippen LogP contribution in [0, 0.1) is 0 Å². The maximum atomic E-state index is 9.76. The standard InChI is InChI=1S/C6H9BrN2O2/c7-6-3-5(8-9-6)1-2-11-4-10/h4-5,8H,1-3H2. The van der Waals surface area contributed by atoms with E-state index < -0.39 is 0 Å². The molecule has 1 N–H and O–H groups in total. The van der Waals surface area contributed by atoms with Crippen LogP contribution in [0.4, 0.5) is 0 Å². The Morgan fingerprint density at radius 1 is 1.91 bits per heavy atom. The fourth-order valence-electron chi connectivity index (χ4n) is 0.881. The number of hydrogen-bond acceptors (Lipinski definition) is 4. The molecule has 0 amide bonds. The van der Waals surface area contributed by atoms with Crippen molar-refractivity contribution in [1.82, 2.24) is 5.43 Å². The van der Waals surface area contributed by atoms with Gasteiger partial charge in [0.25, 0.3) is 6.47 Å². The second kappa shape index (κ2) is 4.33. The Hall–Kier alpha value is -0.580. The van der Waals surface area contributed by atoms with Crippen molar-refractivity contribution >= 4 is 27.0 Å². The number of rotatable bonds is 4. The van der Waals surface area contributed by atoms with Crippen LogP contribution < -0.4 is 5.43 Å². The maximum Gasteiger partial charge on any atom is 0.293 e. The molecule has 1 rings (SSSR count). The quantitative estimate of drug-likeness (QED) is 0.559. The topological polar surface area (TPSA) is 50.7 Å². The normalized spacial score (nSPS) is 22.3. The zero-order valence-corrected chi connectivity index (χ0v) is 7.50. The van der Waals surface area contributed by atoms with Gasteiger partial charge in [-0.25, -0.2) is 0 Å². The second-order valence-corrected chi connectivity index (χ2v) is 3.19. The van der Waals surface area contributed by atoms with Crippen molar-refractivity contribution in [3.8, 4) is 0 Å². The van der Waals surface area contributed by atoms with Crippen molar-refractivity contribution in [1.29, 1.82) is 0 Å². The number of hydrazone groups is 1. The molecule has 0 saturated carbocycles. The van der Waals surface area contributed by atoms with Gasteiger partial charge < -0.3 is 10.2 Å². The van der Waals surface area contributed by atoms with Gasteiger partial charge in [-0.05, 0) is 15.9 Å². The maximum absolute atomic E-state index is 9.76. The molecular formula is C6H9BrN2O2. The summed E-state index contributed by atoms with van der Waals surface area (Å²) in [5, 5.41) is 3.94. The lowest BCUT2D eigenvalue weighted by atomic mass is 10.2. The molecule has 1 atom stereocenters. The molecule has 0 radical (unpaired) electrons. The van der Waals surface area contributed by atoms with Crippen LogP contribution >= 0.6 is 15.9 Å². The first-order valence-electron chi connectivity index (χ1n) is 3.36. The van der Waals surface area contributed by atoms with Crippen molar-refractivity contribution in [2.24, 2.45) is 5.10 Å². The van der Waals surface area contributed by atoms with Crippen molar-refractivity contribution < 1.29 is 9.53 Å². The van der Waals surface area contributed by atoms with E-state index in [0.29, 0.717) is 19.1 Å². The number of nitrogens with zero attached hydrogens (tertiary/aromatic N) is 1. The van der Waals surface area contributed by atoms with E-state index in [4.69, 9.17) is 0 Å². The second-order valence-electron chi connectivity index (χ2n) is 2.27. The lowest BCUT2D eigenvalue weighted by Crippen LogP contribution is -2.20. The van der Waals surface area contributed by atoms with Crippen LogP contribution in [-0.2, 0) is 9.53 Å². The van der Waals surface area contributed by atoms with Gasteiger partial charge in [0.2, 0.25) is 0 Å². The minimum atomic E-state index is 0.310. The van der Waals surface area contributed by atoms with Gasteiger partial charge in [-0.2, -0.15) is 5.10 Å². The molecule has 0 spiro atoms. The first kappa shape index (κ1) is 8.52. The molecule has 4 nitrogen and oxygen atoms in total. The van der Waals surface area contributed by atoms with Crippen LogP contribution in [0.5, 0.6) is 0 Å². The number of nitrogens with one attached hydrogen (secondary N) is 1. The molecule has 0 saturated heterocycles. The van der Waals surface area contributed by atoms with Crippen molar-refractivity contribution in [2.75, 3.05) is 6.61 Å². The smallest absolute Gasteiger partial charge is 0.293 e. The van der Waals surface area contributed by atoms with Gasteiger partial charge in [-0.3, -0.25) is 4.79 Å². The molecule has 1 unspecified atom stereocenters. The lowest BCUT2D eigenvalue weighted by molar-refractivity contribution is -0.128. The van der Waals surface area contributed by atoms with Crippen LogP contribution in [0.15, 0.2) is 5.10 Å². The van der Waals surface area contributed by atoms with Gasteiger partial charge in [0, 0.05) is 12.8 Å². The Balaban J connectivity index is 2.06. The minimum Gasteiger partial charge on any atom is -0.468 e. The van der Waals surface area contributed by atoms with Gasteiger partial charge in [0.05, 0.1) is 12.6 Å². The molecule has 1 heterocycles. The van der Waals surface area contributed by atoms with Gasteiger partial charge in [-0.15, -0.1) is 0 Å². The van der Waals surface area contributed by atoms with Crippen molar-refractivity contribution in [3.05, 3.63) is 0 Å². The minimum absolute atomic E-state index is 0.310. The van der Waals surface area contributed by atoms with Crippen LogP contribution in [0.2, 0.25) is 0 Å². The fourth-order valence-corrected chi connectivity index (χ4v) is 1.37. The molecule has 0 aromatic heterocycles. The number of ether oxygens (including phenoxy) is 1. The van der Waals surface area contributed by atoms with Crippen molar-refractivity contribution in [3.63, 3.8) is 0 Å². The van der Waals surface area contributed by atoms with E-state index in [1.807, 2.05) is 0 Å². The highest BCUT2D eigenvalue weighted by atomic mass is 79.9. The predicted octanol–water partition coefficient (Wildman–Crippen LogP) is 0.620. The summed E-state index contributed by atoms with van der Waals surface area (Å²) in [5.41, 5.74) is 2.91. The molecule has 0 aliphatic carbocycles. The highest BCUT2D eigenvalue weighted by Gasteiger charge is 2.15. The van der Waals surface area contributed by atoms with E-state index in [2.05, 4.69) is 31.2 Å². The third-order valence-electron chi connectivity index (χ3n) is 1.44. The fraction of sp³-hybridized carbons (Fsp3) is 0.667. The zero-order valence-electron chi connectivity index (χ0n) is 5.92. The van der Waals surface area contributed by atoms with Crippen LogP contribution in [0.25, 0.3) is 0 Å². The van der Waals surface area contributed by atoms with Gasteiger partial charge in [0.15, 0.2) is 0 Å². The monoisotopic (exact) mass is 220 g/mol. The highest BCUT2D eigenvalue weighted by Crippen LogP contribution is 2.10. The average Bonchev–Trinajstić information content (AvgIpc) is 2.37. The largest absolute Gasteiger partial charge is 0.468 e. The molecule has 1 aliphatic rings. The summed E-state index contributed by atoms with van der Waals surface area (Å²) in [6.07, 6.45) is 1.68. The molecule has 1 aliphatic heterocycles. The molecule has 62 valence electrons. The average molecular weight is 221 g/mol. The first-order valence-corrected chi connectivity index (χ1v) is 4.15. The third kappa shape index (κ3) is 2.88. The molecule has 0 fully saturated rings. The van der Waals surface area contributed by atoms with Gasteiger partial charge in [-0.1, -0.05) is 0 Å². The summed E-state index contributed by atoms with van der Waals surface area (Å²) in [5.74, 6) is 0. The number of carbonyl (C=O) groups is 1. The third-order valence-corrected chi connectivity index (χ3v) is 1.94. The highest BCUT2D eigenvalue weighted by molar-refractivity contribution is 9.18. The summed E-state index contributed by atoms with van der Waals surface area (Å²) in [7, 11) is 0. The van der Waals surface area contributed by atoms with Crippen LogP contribution in [-0.4, -0.2) is 23.7 Å². The van der Waals surface area contributed by atoms with Gasteiger partial charge in [0.1, 0.15) is 4.62 Å². The molecule has 0 aromatic rings. The Morgan fingerprint density at radius 2 is 2.73 bits per heavy atom. The summed E-state index contributed by atoms with van der Waals surface area (Å²) >= 11 is 3.26. The molecule has 0 bridgehead atoms. The lowest BCUT2D eigenvalue weighted by Gasteiger charge is -2.06. The number of halogens is 1.